The standard InChI is InChI=1S/C54H31Cl/c55-48-30-36-25-26-42-40(45(36)31-46(48)39-22-11-19-32-13-7-9-20-37(32)39)27-28-44-49(33-14-3-1-4-15-33)54-47-29-35-18-8-10-21-38(35)41-23-12-24-43(51(41)47)53(54)50(52(42)44)34-16-5-2-6-17-34/h1-31H. The molecule has 0 aliphatic heterocycles. The Morgan fingerprint density at radius 1 is 0.255 bits per heavy atom. The van der Waals surface area contributed by atoms with Crippen LogP contribution in [-0.4, -0.2) is 0 Å². The lowest BCUT2D eigenvalue weighted by molar-refractivity contribution is 1.63. The van der Waals surface area contributed by atoms with E-state index in [1.165, 1.54) is 104 Å². The molecule has 0 saturated heterocycles. The predicted octanol–water partition coefficient (Wildman–Crippen LogP) is 15.9. The molecule has 11 aromatic carbocycles. The van der Waals surface area contributed by atoms with E-state index < -0.39 is 0 Å². The second-order valence-corrected chi connectivity index (χ2v) is 15.2. The highest BCUT2D eigenvalue weighted by atomic mass is 35.5. The molecule has 0 aromatic heterocycles. The maximum atomic E-state index is 7.16. The first-order chi connectivity index (χ1) is 27.2. The van der Waals surface area contributed by atoms with Crippen LogP contribution in [0.5, 0.6) is 0 Å². The van der Waals surface area contributed by atoms with Crippen LogP contribution < -0.4 is 0 Å². The molecule has 11 aromatic rings. The summed E-state index contributed by atoms with van der Waals surface area (Å²) in [5.41, 5.74) is 12.5. The lowest BCUT2D eigenvalue weighted by Crippen LogP contribution is -1.95. The van der Waals surface area contributed by atoms with Crippen molar-refractivity contribution in [3.8, 4) is 55.6 Å². The van der Waals surface area contributed by atoms with Gasteiger partial charge in [0.15, 0.2) is 0 Å². The van der Waals surface area contributed by atoms with Gasteiger partial charge in [0.1, 0.15) is 0 Å². The first-order valence-corrected chi connectivity index (χ1v) is 19.3. The molecule has 12 rings (SSSR count). The van der Waals surface area contributed by atoms with E-state index >= 15 is 0 Å². The molecular weight excluding hydrogens is 684 g/mol. The van der Waals surface area contributed by atoms with Crippen LogP contribution in [0.15, 0.2) is 188 Å². The summed E-state index contributed by atoms with van der Waals surface area (Å²) in [6, 6.07) is 69.1. The number of hydrogen-bond donors (Lipinski definition) is 0. The lowest BCUT2D eigenvalue weighted by atomic mass is 9.80. The minimum Gasteiger partial charge on any atom is -0.0836 e. The van der Waals surface area contributed by atoms with Crippen molar-refractivity contribution in [2.24, 2.45) is 0 Å². The minimum absolute atomic E-state index is 0.761. The highest BCUT2D eigenvalue weighted by molar-refractivity contribution is 6.37. The van der Waals surface area contributed by atoms with Crippen molar-refractivity contribution >= 4 is 76.2 Å². The van der Waals surface area contributed by atoms with Crippen molar-refractivity contribution in [2.45, 2.75) is 0 Å². The number of halogens is 1. The molecule has 0 fully saturated rings. The fourth-order valence-corrected chi connectivity index (χ4v) is 9.99. The first-order valence-electron chi connectivity index (χ1n) is 19.0. The van der Waals surface area contributed by atoms with Gasteiger partial charge in [-0.1, -0.05) is 181 Å². The zero-order valence-electron chi connectivity index (χ0n) is 29.8. The molecule has 1 aliphatic carbocycles. The van der Waals surface area contributed by atoms with Gasteiger partial charge in [-0.2, -0.15) is 0 Å². The average molecular weight is 715 g/mol. The van der Waals surface area contributed by atoms with E-state index in [1.807, 2.05) is 0 Å². The molecule has 55 heavy (non-hydrogen) atoms. The zero-order chi connectivity index (χ0) is 36.2. The topological polar surface area (TPSA) is 0 Å². The summed E-state index contributed by atoms with van der Waals surface area (Å²) >= 11 is 7.16. The van der Waals surface area contributed by atoms with Gasteiger partial charge in [-0.3, -0.25) is 0 Å². The van der Waals surface area contributed by atoms with Crippen molar-refractivity contribution in [1.29, 1.82) is 0 Å². The highest BCUT2D eigenvalue weighted by Crippen LogP contribution is 2.59. The Bertz CT molecular complexity index is 3410. The van der Waals surface area contributed by atoms with Crippen molar-refractivity contribution in [2.75, 3.05) is 0 Å². The Hall–Kier alpha value is -6.73. The fourth-order valence-electron chi connectivity index (χ4n) is 9.72. The number of hydrogen-bond acceptors (Lipinski definition) is 0. The third-order valence-electron chi connectivity index (χ3n) is 12.0. The second-order valence-electron chi connectivity index (χ2n) is 14.8. The molecule has 0 atom stereocenters. The molecule has 0 amide bonds. The molecule has 0 nitrogen and oxygen atoms in total. The van der Waals surface area contributed by atoms with E-state index in [0.717, 1.165) is 21.5 Å². The maximum absolute atomic E-state index is 7.16. The minimum atomic E-state index is 0.761. The quantitative estimate of drug-likeness (QED) is 0.160. The van der Waals surface area contributed by atoms with E-state index in [4.69, 9.17) is 11.6 Å². The monoisotopic (exact) mass is 714 g/mol. The molecule has 0 bridgehead atoms. The second kappa shape index (κ2) is 11.6. The Kier molecular flexibility index (Phi) is 6.49. The van der Waals surface area contributed by atoms with E-state index in [0.29, 0.717) is 0 Å². The van der Waals surface area contributed by atoms with Crippen molar-refractivity contribution < 1.29 is 0 Å². The van der Waals surface area contributed by atoms with Gasteiger partial charge in [-0.15, -0.1) is 0 Å². The molecule has 0 radical (unpaired) electrons. The summed E-state index contributed by atoms with van der Waals surface area (Å²) in [6.07, 6.45) is 0. The van der Waals surface area contributed by atoms with Crippen molar-refractivity contribution in [3.63, 3.8) is 0 Å². The molecule has 0 unspecified atom stereocenters. The summed E-state index contributed by atoms with van der Waals surface area (Å²) in [5.74, 6) is 0. The zero-order valence-corrected chi connectivity index (χ0v) is 30.5. The van der Waals surface area contributed by atoms with Crippen LogP contribution in [0.3, 0.4) is 0 Å². The summed E-state index contributed by atoms with van der Waals surface area (Å²) in [5, 5.41) is 15.7. The smallest absolute Gasteiger partial charge is 0.0491 e. The van der Waals surface area contributed by atoms with Crippen LogP contribution in [-0.2, 0) is 0 Å². The molecule has 0 N–H and O–H groups in total. The molecule has 0 heterocycles. The third-order valence-corrected chi connectivity index (χ3v) is 12.3. The van der Waals surface area contributed by atoms with Crippen LogP contribution in [0.1, 0.15) is 0 Å². The fraction of sp³-hybridized carbons (Fsp3) is 0. The lowest BCUT2D eigenvalue weighted by Gasteiger charge is -2.22. The number of rotatable bonds is 3. The third kappa shape index (κ3) is 4.35. The van der Waals surface area contributed by atoms with Gasteiger partial charge in [0.2, 0.25) is 0 Å². The Morgan fingerprint density at radius 2 is 0.818 bits per heavy atom. The molecule has 254 valence electrons. The van der Waals surface area contributed by atoms with Crippen LogP contribution in [0.4, 0.5) is 0 Å². The van der Waals surface area contributed by atoms with Gasteiger partial charge in [-0.05, 0) is 133 Å². The summed E-state index contributed by atoms with van der Waals surface area (Å²) in [6.45, 7) is 0. The Balaban J connectivity index is 1.28. The first kappa shape index (κ1) is 30.7. The summed E-state index contributed by atoms with van der Waals surface area (Å²) < 4.78 is 0. The summed E-state index contributed by atoms with van der Waals surface area (Å²) in [4.78, 5) is 0. The van der Waals surface area contributed by atoms with Crippen LogP contribution in [0, 0.1) is 0 Å². The van der Waals surface area contributed by atoms with E-state index in [-0.39, 0.29) is 0 Å². The highest BCUT2D eigenvalue weighted by Gasteiger charge is 2.32. The number of fused-ring (bicyclic) bond motifs is 11. The molecular formula is C54H31Cl. The molecule has 0 spiro atoms. The van der Waals surface area contributed by atoms with Gasteiger partial charge in [-0.25, -0.2) is 0 Å². The van der Waals surface area contributed by atoms with Gasteiger partial charge in [0.25, 0.3) is 0 Å². The van der Waals surface area contributed by atoms with Crippen LogP contribution >= 0.6 is 11.6 Å². The molecule has 1 heteroatoms. The molecule has 0 saturated carbocycles. The van der Waals surface area contributed by atoms with Crippen molar-refractivity contribution in [3.05, 3.63) is 193 Å². The summed E-state index contributed by atoms with van der Waals surface area (Å²) in [7, 11) is 0. The maximum Gasteiger partial charge on any atom is 0.0491 e. The van der Waals surface area contributed by atoms with Gasteiger partial charge in [0, 0.05) is 10.6 Å². The Morgan fingerprint density at radius 3 is 1.64 bits per heavy atom. The van der Waals surface area contributed by atoms with Gasteiger partial charge < -0.3 is 0 Å². The van der Waals surface area contributed by atoms with Crippen LogP contribution in [0.2, 0.25) is 5.02 Å². The van der Waals surface area contributed by atoms with Crippen LogP contribution in [0.25, 0.3) is 120 Å². The van der Waals surface area contributed by atoms with E-state index in [1.54, 1.807) is 0 Å². The largest absolute Gasteiger partial charge is 0.0836 e. The predicted molar refractivity (Wildman–Crippen MR) is 237 cm³/mol. The van der Waals surface area contributed by atoms with E-state index in [9.17, 15) is 0 Å². The Labute approximate surface area is 323 Å². The SMILES string of the molecule is Clc1cc2ccc3c(ccc4c(-c5ccccc5)c5c(c(-c6ccccc6)c43)-c3cccc4c3c-5cc3ccccc34)c2cc1-c1cccc2ccccc12. The average Bonchev–Trinajstić information content (AvgIpc) is 3.56. The van der Waals surface area contributed by atoms with Gasteiger partial charge in [0.05, 0.1) is 0 Å². The van der Waals surface area contributed by atoms with Gasteiger partial charge >= 0.3 is 0 Å². The van der Waals surface area contributed by atoms with E-state index in [2.05, 4.69) is 188 Å². The van der Waals surface area contributed by atoms with Crippen molar-refractivity contribution in [1.82, 2.24) is 0 Å². The normalized spacial score (nSPS) is 12.1. The number of benzene rings is 11. The molecule has 1 aliphatic rings.